The molecule has 0 bridgehead atoms. The molecule has 168 valence electrons. The third-order valence-corrected chi connectivity index (χ3v) is 5.84. The Morgan fingerprint density at radius 3 is 2.72 bits per heavy atom. The maximum Gasteiger partial charge on any atom is 0.234 e. The van der Waals surface area contributed by atoms with Gasteiger partial charge in [0.15, 0.2) is 0 Å². The van der Waals surface area contributed by atoms with Crippen molar-refractivity contribution in [1.82, 2.24) is 20.2 Å². The van der Waals surface area contributed by atoms with Gasteiger partial charge in [0.1, 0.15) is 17.2 Å². The number of tetrazole rings is 1. The van der Waals surface area contributed by atoms with Crippen LogP contribution in [-0.4, -0.2) is 72.4 Å². The number of ether oxygens (including phenoxy) is 3. The lowest BCUT2D eigenvalue weighted by Crippen LogP contribution is -2.36. The fourth-order valence-corrected chi connectivity index (χ4v) is 4.04. The summed E-state index contributed by atoms with van der Waals surface area (Å²) >= 11 is 1.24. The highest BCUT2D eigenvalue weighted by Gasteiger charge is 2.18. The minimum atomic E-state index is -0.146. The molecule has 1 fully saturated rings. The molecule has 10 nitrogen and oxygen atoms in total. The van der Waals surface area contributed by atoms with Crippen LogP contribution in [-0.2, 0) is 9.53 Å². The van der Waals surface area contributed by atoms with Crippen molar-refractivity contribution in [1.29, 1.82) is 0 Å². The number of para-hydroxylation sites is 2. The predicted octanol–water partition coefficient (Wildman–Crippen LogP) is 2.25. The number of aromatic nitrogens is 4. The number of nitrogens with one attached hydrogen (secondary N) is 1. The summed E-state index contributed by atoms with van der Waals surface area (Å²) in [5.41, 5.74) is 2.41. The van der Waals surface area contributed by atoms with Gasteiger partial charge >= 0.3 is 0 Å². The Morgan fingerprint density at radius 2 is 1.94 bits per heavy atom. The van der Waals surface area contributed by atoms with E-state index >= 15 is 0 Å². The molecule has 3 aromatic rings. The van der Waals surface area contributed by atoms with E-state index < -0.39 is 0 Å². The van der Waals surface area contributed by atoms with Crippen LogP contribution in [0.5, 0.6) is 11.5 Å². The van der Waals surface area contributed by atoms with Crippen LogP contribution < -0.4 is 19.7 Å². The van der Waals surface area contributed by atoms with E-state index in [9.17, 15) is 4.79 Å². The number of rotatable bonds is 8. The lowest BCUT2D eigenvalue weighted by atomic mass is 10.2. The minimum Gasteiger partial charge on any atom is -0.497 e. The van der Waals surface area contributed by atoms with Crippen LogP contribution in [0, 0.1) is 0 Å². The molecular formula is C21H24N6O4S. The van der Waals surface area contributed by atoms with Crippen LogP contribution in [0.2, 0.25) is 0 Å². The zero-order valence-corrected chi connectivity index (χ0v) is 18.7. The Morgan fingerprint density at radius 1 is 1.12 bits per heavy atom. The quantitative estimate of drug-likeness (QED) is 0.511. The number of methoxy groups -OCH3 is 2. The topological polar surface area (TPSA) is 104 Å². The molecule has 0 unspecified atom stereocenters. The van der Waals surface area contributed by atoms with Gasteiger partial charge in [0.05, 0.1) is 44.6 Å². The van der Waals surface area contributed by atoms with Crippen molar-refractivity contribution in [3.63, 3.8) is 0 Å². The summed E-state index contributed by atoms with van der Waals surface area (Å²) in [6, 6.07) is 13.1. The summed E-state index contributed by atoms with van der Waals surface area (Å²) < 4.78 is 17.7. The third kappa shape index (κ3) is 4.94. The smallest absolute Gasteiger partial charge is 0.234 e. The van der Waals surface area contributed by atoms with Crippen molar-refractivity contribution in [3.05, 3.63) is 42.5 Å². The molecule has 0 atom stereocenters. The number of carbonyl (C=O) groups excluding carboxylic acids is 1. The van der Waals surface area contributed by atoms with Crippen LogP contribution in [0.3, 0.4) is 0 Å². The van der Waals surface area contributed by atoms with Gasteiger partial charge in [0.25, 0.3) is 0 Å². The molecule has 32 heavy (non-hydrogen) atoms. The first-order valence-corrected chi connectivity index (χ1v) is 11.0. The van der Waals surface area contributed by atoms with Gasteiger partial charge in [-0.3, -0.25) is 4.79 Å². The first kappa shape index (κ1) is 21.9. The second-order valence-electron chi connectivity index (χ2n) is 6.86. The molecule has 0 radical (unpaired) electrons. The molecule has 1 aliphatic rings. The molecule has 1 amide bonds. The van der Waals surface area contributed by atoms with Gasteiger partial charge in [-0.25, -0.2) is 0 Å². The Bertz CT molecular complexity index is 1070. The normalized spacial score (nSPS) is 13.6. The van der Waals surface area contributed by atoms with Crippen molar-refractivity contribution in [3.8, 4) is 17.2 Å². The fourth-order valence-electron chi connectivity index (χ4n) is 3.36. The number of anilines is 2. The zero-order chi connectivity index (χ0) is 22.3. The highest BCUT2D eigenvalue weighted by molar-refractivity contribution is 7.99. The SMILES string of the molecule is COc1ccc(-n2nnnc2SCC(=O)Nc2ccccc2N2CCOCC2)c(OC)c1. The lowest BCUT2D eigenvalue weighted by molar-refractivity contribution is -0.113. The minimum absolute atomic E-state index is 0.146. The number of amides is 1. The third-order valence-electron chi connectivity index (χ3n) is 4.92. The summed E-state index contributed by atoms with van der Waals surface area (Å²) in [6.07, 6.45) is 0. The summed E-state index contributed by atoms with van der Waals surface area (Å²) in [4.78, 5) is 14.9. The fraction of sp³-hybridized carbons (Fsp3) is 0.333. The second kappa shape index (κ2) is 10.3. The molecular weight excluding hydrogens is 432 g/mol. The molecule has 2 aromatic carbocycles. The predicted molar refractivity (Wildman–Crippen MR) is 121 cm³/mol. The van der Waals surface area contributed by atoms with E-state index in [-0.39, 0.29) is 11.7 Å². The van der Waals surface area contributed by atoms with E-state index in [1.54, 1.807) is 32.4 Å². The molecule has 0 spiro atoms. The maximum absolute atomic E-state index is 12.7. The molecule has 1 aromatic heterocycles. The summed E-state index contributed by atoms with van der Waals surface area (Å²) in [6.45, 7) is 2.94. The molecule has 1 aliphatic heterocycles. The van der Waals surface area contributed by atoms with E-state index in [4.69, 9.17) is 14.2 Å². The zero-order valence-electron chi connectivity index (χ0n) is 17.9. The highest BCUT2D eigenvalue weighted by Crippen LogP contribution is 2.30. The first-order valence-electron chi connectivity index (χ1n) is 10.0. The van der Waals surface area contributed by atoms with Gasteiger partial charge in [-0.05, 0) is 34.7 Å². The maximum atomic E-state index is 12.7. The van der Waals surface area contributed by atoms with E-state index in [0.29, 0.717) is 35.6 Å². The van der Waals surface area contributed by atoms with E-state index in [2.05, 4.69) is 25.7 Å². The van der Waals surface area contributed by atoms with Crippen molar-refractivity contribution >= 4 is 29.0 Å². The number of benzene rings is 2. The van der Waals surface area contributed by atoms with Crippen LogP contribution in [0.15, 0.2) is 47.6 Å². The van der Waals surface area contributed by atoms with Crippen molar-refractivity contribution in [2.45, 2.75) is 5.16 Å². The summed E-state index contributed by atoms with van der Waals surface area (Å²) in [5.74, 6) is 1.22. The van der Waals surface area contributed by atoms with Gasteiger partial charge < -0.3 is 24.4 Å². The van der Waals surface area contributed by atoms with Crippen LogP contribution in [0.25, 0.3) is 5.69 Å². The van der Waals surface area contributed by atoms with Gasteiger partial charge in [-0.15, -0.1) is 5.10 Å². The highest BCUT2D eigenvalue weighted by atomic mass is 32.2. The molecule has 0 aliphatic carbocycles. The first-order chi connectivity index (χ1) is 15.7. The number of thioether (sulfide) groups is 1. The van der Waals surface area contributed by atoms with Crippen LogP contribution >= 0.6 is 11.8 Å². The summed E-state index contributed by atoms with van der Waals surface area (Å²) in [5, 5.41) is 15.3. The molecule has 1 saturated heterocycles. The van der Waals surface area contributed by atoms with E-state index in [1.807, 2.05) is 24.3 Å². The molecule has 2 heterocycles. The Kier molecular flexibility index (Phi) is 7.07. The number of hydrogen-bond donors (Lipinski definition) is 1. The number of nitrogens with zero attached hydrogens (tertiary/aromatic N) is 5. The number of carbonyl (C=O) groups is 1. The lowest BCUT2D eigenvalue weighted by Gasteiger charge is -2.30. The molecule has 11 heteroatoms. The standard InChI is InChI=1S/C21H24N6O4S/c1-29-15-7-8-18(19(13-15)30-2)27-21(23-24-25-27)32-14-20(28)22-16-5-3-4-6-17(16)26-9-11-31-12-10-26/h3-8,13H,9-12,14H2,1-2H3,(H,22,28). The average Bonchev–Trinajstić information content (AvgIpc) is 3.31. The van der Waals surface area contributed by atoms with Crippen molar-refractivity contribution in [2.75, 3.05) is 56.5 Å². The number of morpholine rings is 1. The Labute approximate surface area is 189 Å². The second-order valence-corrected chi connectivity index (χ2v) is 7.81. The largest absolute Gasteiger partial charge is 0.497 e. The van der Waals surface area contributed by atoms with E-state index in [0.717, 1.165) is 24.5 Å². The average molecular weight is 457 g/mol. The Hall–Kier alpha value is -3.31. The monoisotopic (exact) mass is 456 g/mol. The molecule has 4 rings (SSSR count). The van der Waals surface area contributed by atoms with Gasteiger partial charge in [0.2, 0.25) is 11.1 Å². The van der Waals surface area contributed by atoms with Gasteiger partial charge in [0, 0.05) is 19.2 Å². The van der Waals surface area contributed by atoms with E-state index in [1.165, 1.54) is 16.4 Å². The Balaban J connectivity index is 1.44. The van der Waals surface area contributed by atoms with Crippen molar-refractivity contribution < 1.29 is 19.0 Å². The number of hydrogen-bond acceptors (Lipinski definition) is 9. The van der Waals surface area contributed by atoms with Gasteiger partial charge in [-0.2, -0.15) is 4.68 Å². The van der Waals surface area contributed by atoms with Crippen molar-refractivity contribution in [2.24, 2.45) is 0 Å². The summed E-state index contributed by atoms with van der Waals surface area (Å²) in [7, 11) is 3.15. The molecule has 1 N–H and O–H groups in total. The molecule has 0 saturated carbocycles. The van der Waals surface area contributed by atoms with Gasteiger partial charge in [-0.1, -0.05) is 23.9 Å². The van der Waals surface area contributed by atoms with Crippen LogP contribution in [0.1, 0.15) is 0 Å². The van der Waals surface area contributed by atoms with Crippen LogP contribution in [0.4, 0.5) is 11.4 Å².